The van der Waals surface area contributed by atoms with Crippen molar-refractivity contribution in [2.24, 2.45) is 0 Å². The van der Waals surface area contributed by atoms with Crippen molar-refractivity contribution >= 4 is 5.97 Å². The second-order valence-electron chi connectivity index (χ2n) is 6.55. The number of quaternary nitrogens is 1. The number of rotatable bonds is 7. The fourth-order valence-corrected chi connectivity index (χ4v) is 1.96. The molecular formula is C19H23FNO3+. The lowest BCUT2D eigenvalue weighted by molar-refractivity contribution is -0.870. The van der Waals surface area contributed by atoms with E-state index in [4.69, 9.17) is 9.47 Å². The highest BCUT2D eigenvalue weighted by atomic mass is 19.1. The van der Waals surface area contributed by atoms with Crippen molar-refractivity contribution in [3.8, 4) is 5.75 Å². The monoisotopic (exact) mass is 332 g/mol. The van der Waals surface area contributed by atoms with Crippen LogP contribution in [-0.4, -0.2) is 44.7 Å². The van der Waals surface area contributed by atoms with Gasteiger partial charge >= 0.3 is 5.97 Å². The molecule has 5 heteroatoms. The van der Waals surface area contributed by atoms with Gasteiger partial charge in [0.05, 0.1) is 26.7 Å². The van der Waals surface area contributed by atoms with Crippen molar-refractivity contribution in [3.63, 3.8) is 0 Å². The second-order valence-corrected chi connectivity index (χ2v) is 6.55. The molecule has 0 aromatic heterocycles. The molecule has 0 amide bonds. The van der Waals surface area contributed by atoms with Crippen molar-refractivity contribution in [2.45, 2.75) is 6.61 Å². The quantitative estimate of drug-likeness (QED) is 0.577. The summed E-state index contributed by atoms with van der Waals surface area (Å²) < 4.78 is 25.0. The summed E-state index contributed by atoms with van der Waals surface area (Å²) in [6.45, 7) is 1.25. The van der Waals surface area contributed by atoms with E-state index in [2.05, 4.69) is 0 Å². The Morgan fingerprint density at radius 3 is 2.33 bits per heavy atom. The van der Waals surface area contributed by atoms with Gasteiger partial charge in [-0.25, -0.2) is 9.18 Å². The Morgan fingerprint density at radius 2 is 1.71 bits per heavy atom. The number of halogens is 1. The van der Waals surface area contributed by atoms with Crippen molar-refractivity contribution in [1.29, 1.82) is 0 Å². The summed E-state index contributed by atoms with van der Waals surface area (Å²) in [5.74, 6) is -0.0831. The third-order valence-corrected chi connectivity index (χ3v) is 3.44. The third-order valence-electron chi connectivity index (χ3n) is 3.44. The molecule has 0 fully saturated rings. The first-order chi connectivity index (χ1) is 11.3. The molecule has 0 radical (unpaired) electrons. The van der Waals surface area contributed by atoms with E-state index in [-0.39, 0.29) is 18.4 Å². The van der Waals surface area contributed by atoms with Crippen LogP contribution < -0.4 is 4.74 Å². The number of likely N-dealkylation sites (N-methyl/N-ethyl adjacent to an activating group) is 1. The van der Waals surface area contributed by atoms with E-state index in [1.807, 2.05) is 21.1 Å². The Balaban J connectivity index is 1.86. The average molecular weight is 332 g/mol. The summed E-state index contributed by atoms with van der Waals surface area (Å²) in [7, 11) is 6.11. The molecule has 0 bridgehead atoms. The number of ether oxygens (including phenoxy) is 2. The highest BCUT2D eigenvalue weighted by molar-refractivity contribution is 5.89. The summed E-state index contributed by atoms with van der Waals surface area (Å²) in [5.41, 5.74) is 0.955. The molecule has 2 aromatic rings. The van der Waals surface area contributed by atoms with E-state index >= 15 is 0 Å². The van der Waals surface area contributed by atoms with E-state index in [1.54, 1.807) is 42.5 Å². The van der Waals surface area contributed by atoms with Crippen LogP contribution in [-0.2, 0) is 11.3 Å². The van der Waals surface area contributed by atoms with E-state index in [9.17, 15) is 9.18 Å². The molecule has 0 saturated heterocycles. The minimum atomic E-state index is -0.357. The molecule has 4 nitrogen and oxygen atoms in total. The van der Waals surface area contributed by atoms with E-state index in [1.165, 1.54) is 6.07 Å². The average Bonchev–Trinajstić information content (AvgIpc) is 2.53. The smallest absolute Gasteiger partial charge is 0.338 e. The van der Waals surface area contributed by atoms with Crippen LogP contribution in [0, 0.1) is 5.82 Å². The molecule has 24 heavy (non-hydrogen) atoms. The highest BCUT2D eigenvalue weighted by Gasteiger charge is 2.11. The number of hydrogen-bond donors (Lipinski definition) is 0. The number of benzene rings is 2. The first-order valence-corrected chi connectivity index (χ1v) is 7.79. The standard InChI is InChI=1S/C19H23FNO3/c1-21(2,3)12-13-23-19(22)15-8-10-17(11-9-15)24-14-16-6-4-5-7-18(16)20/h4-11H,12-14H2,1-3H3/q+1. The van der Waals surface area contributed by atoms with Crippen LogP contribution >= 0.6 is 0 Å². The largest absolute Gasteiger partial charge is 0.489 e. The molecule has 128 valence electrons. The maximum Gasteiger partial charge on any atom is 0.338 e. The summed E-state index contributed by atoms with van der Waals surface area (Å²) in [6.07, 6.45) is 0. The van der Waals surface area contributed by atoms with Gasteiger partial charge in [0, 0.05) is 5.56 Å². The van der Waals surface area contributed by atoms with Gasteiger partial charge in [-0.05, 0) is 30.3 Å². The fraction of sp³-hybridized carbons (Fsp3) is 0.316. The second kappa shape index (κ2) is 7.93. The van der Waals surface area contributed by atoms with E-state index < -0.39 is 0 Å². The lowest BCUT2D eigenvalue weighted by Crippen LogP contribution is -2.38. The fourth-order valence-electron chi connectivity index (χ4n) is 1.96. The topological polar surface area (TPSA) is 35.5 Å². The van der Waals surface area contributed by atoms with Gasteiger partial charge in [0.2, 0.25) is 0 Å². The van der Waals surface area contributed by atoms with Gasteiger partial charge in [0.1, 0.15) is 31.3 Å². The maximum atomic E-state index is 13.5. The van der Waals surface area contributed by atoms with Crippen LogP contribution in [0.2, 0.25) is 0 Å². The van der Waals surface area contributed by atoms with Gasteiger partial charge in [-0.1, -0.05) is 18.2 Å². The minimum absolute atomic E-state index is 0.139. The Morgan fingerprint density at radius 1 is 1.04 bits per heavy atom. The van der Waals surface area contributed by atoms with Crippen molar-refractivity contribution in [3.05, 3.63) is 65.5 Å². The zero-order chi connectivity index (χ0) is 17.6. The summed E-state index contributed by atoms with van der Waals surface area (Å²) in [5, 5.41) is 0. The van der Waals surface area contributed by atoms with Gasteiger partial charge in [-0.15, -0.1) is 0 Å². The molecule has 0 aliphatic heterocycles. The Kier molecular flexibility index (Phi) is 5.93. The Hall–Kier alpha value is -2.40. The summed E-state index contributed by atoms with van der Waals surface area (Å²) >= 11 is 0. The van der Waals surface area contributed by atoms with E-state index in [0.717, 1.165) is 11.0 Å². The van der Waals surface area contributed by atoms with Crippen molar-refractivity contribution in [1.82, 2.24) is 0 Å². The highest BCUT2D eigenvalue weighted by Crippen LogP contribution is 2.16. The first kappa shape index (κ1) is 17.9. The van der Waals surface area contributed by atoms with Crippen LogP contribution in [0.3, 0.4) is 0 Å². The number of nitrogens with zero attached hydrogens (tertiary/aromatic N) is 1. The van der Waals surface area contributed by atoms with Crippen molar-refractivity contribution < 1.29 is 23.1 Å². The van der Waals surface area contributed by atoms with Crippen molar-refractivity contribution in [2.75, 3.05) is 34.3 Å². The number of esters is 1. The lowest BCUT2D eigenvalue weighted by atomic mass is 10.2. The summed E-state index contributed by atoms with van der Waals surface area (Å²) in [4.78, 5) is 11.9. The molecule has 0 aliphatic rings. The van der Waals surface area contributed by atoms with Gasteiger partial charge < -0.3 is 14.0 Å². The Bertz CT molecular complexity index is 678. The van der Waals surface area contributed by atoms with E-state index in [0.29, 0.717) is 23.5 Å². The van der Waals surface area contributed by atoms with Gasteiger partial charge in [-0.3, -0.25) is 0 Å². The third kappa shape index (κ3) is 5.66. The minimum Gasteiger partial charge on any atom is -0.489 e. The molecule has 0 unspecified atom stereocenters. The normalized spacial score (nSPS) is 11.2. The molecule has 0 heterocycles. The maximum absolute atomic E-state index is 13.5. The molecule has 0 saturated carbocycles. The predicted molar refractivity (Wildman–Crippen MR) is 90.4 cm³/mol. The molecule has 0 N–H and O–H groups in total. The zero-order valence-electron chi connectivity index (χ0n) is 14.3. The lowest BCUT2D eigenvalue weighted by Gasteiger charge is -2.23. The predicted octanol–water partition coefficient (Wildman–Crippen LogP) is 3.27. The number of carbonyl (C=O) groups is 1. The SMILES string of the molecule is C[N+](C)(C)CCOC(=O)c1ccc(OCc2ccccc2F)cc1. The van der Waals surface area contributed by atoms with Gasteiger partial charge in [-0.2, -0.15) is 0 Å². The molecule has 0 aliphatic carbocycles. The molecule has 2 aromatic carbocycles. The van der Waals surface area contributed by atoms with Crippen LogP contribution in [0.1, 0.15) is 15.9 Å². The van der Waals surface area contributed by atoms with Crippen LogP contribution in [0.4, 0.5) is 4.39 Å². The van der Waals surface area contributed by atoms with Crippen LogP contribution in [0.5, 0.6) is 5.75 Å². The van der Waals surface area contributed by atoms with Gasteiger partial charge in [0.15, 0.2) is 0 Å². The Labute approximate surface area is 142 Å². The van der Waals surface area contributed by atoms with Gasteiger partial charge in [0.25, 0.3) is 0 Å². The molecule has 2 rings (SSSR count). The van der Waals surface area contributed by atoms with Crippen LogP contribution in [0.15, 0.2) is 48.5 Å². The summed E-state index contributed by atoms with van der Waals surface area (Å²) in [6, 6.07) is 13.1. The number of carbonyl (C=O) groups excluding carboxylic acids is 1. The van der Waals surface area contributed by atoms with Crippen LogP contribution in [0.25, 0.3) is 0 Å². The molecular weight excluding hydrogens is 309 g/mol. The first-order valence-electron chi connectivity index (χ1n) is 7.79. The number of hydrogen-bond acceptors (Lipinski definition) is 3. The molecule has 0 atom stereocenters. The molecule has 0 spiro atoms. The zero-order valence-corrected chi connectivity index (χ0v) is 14.3.